The number of aromatic nitrogens is 1. The maximum Gasteiger partial charge on any atom is 0.337 e. The van der Waals surface area contributed by atoms with Crippen LogP contribution in [0.3, 0.4) is 0 Å². The first-order valence-corrected chi connectivity index (χ1v) is 7.43. The number of para-hydroxylation sites is 1. The molecule has 3 aromatic rings. The number of benzene rings is 2. The maximum atomic E-state index is 11.8. The predicted molar refractivity (Wildman–Crippen MR) is 90.2 cm³/mol. The molecule has 0 saturated carbocycles. The second-order valence-corrected chi connectivity index (χ2v) is 5.66. The highest BCUT2D eigenvalue weighted by Crippen LogP contribution is 2.38. The third-order valence-electron chi connectivity index (χ3n) is 3.50. The Hall–Kier alpha value is -2.30. The lowest BCUT2D eigenvalue weighted by Gasteiger charge is -2.11. The number of halogens is 2. The fourth-order valence-electron chi connectivity index (χ4n) is 2.37. The molecule has 0 spiro atoms. The molecule has 0 radical (unpaired) electrons. The van der Waals surface area contributed by atoms with E-state index in [2.05, 4.69) is 4.98 Å². The summed E-state index contributed by atoms with van der Waals surface area (Å²) >= 11 is 12.2. The number of hydrogen-bond donors (Lipinski definition) is 1. The van der Waals surface area contributed by atoms with E-state index in [9.17, 15) is 9.90 Å². The van der Waals surface area contributed by atoms with Gasteiger partial charge in [-0.1, -0.05) is 35.3 Å². The van der Waals surface area contributed by atoms with Crippen molar-refractivity contribution in [3.05, 3.63) is 58.2 Å². The molecular formula is C17H11Cl2NO3. The molecular weight excluding hydrogens is 337 g/mol. The van der Waals surface area contributed by atoms with Crippen LogP contribution in [0.4, 0.5) is 0 Å². The zero-order valence-electron chi connectivity index (χ0n) is 12.0. The van der Waals surface area contributed by atoms with Gasteiger partial charge in [0.2, 0.25) is 0 Å². The Morgan fingerprint density at radius 3 is 2.65 bits per heavy atom. The summed E-state index contributed by atoms with van der Waals surface area (Å²) in [5.74, 6) is -0.540. The molecule has 2 aromatic carbocycles. The summed E-state index contributed by atoms with van der Waals surface area (Å²) in [5, 5.41) is 12.2. The molecule has 0 fully saturated rings. The second kappa shape index (κ2) is 6.07. The number of aromatic hydroxyl groups is 1. The molecule has 4 nitrogen and oxygen atoms in total. The molecule has 23 heavy (non-hydrogen) atoms. The monoisotopic (exact) mass is 347 g/mol. The van der Waals surface area contributed by atoms with Gasteiger partial charge in [-0.2, -0.15) is 0 Å². The number of esters is 1. The summed E-state index contributed by atoms with van der Waals surface area (Å²) in [6.07, 6.45) is 1.50. The molecule has 0 aliphatic rings. The summed E-state index contributed by atoms with van der Waals surface area (Å²) in [6, 6.07) is 9.97. The molecule has 0 aliphatic carbocycles. The van der Waals surface area contributed by atoms with E-state index in [4.69, 9.17) is 27.9 Å². The molecule has 1 N–H and O–H groups in total. The van der Waals surface area contributed by atoms with Crippen molar-refractivity contribution in [2.24, 2.45) is 0 Å². The zero-order valence-corrected chi connectivity index (χ0v) is 13.5. The summed E-state index contributed by atoms with van der Waals surface area (Å²) < 4.78 is 4.74. The molecule has 1 heterocycles. The Kier molecular flexibility index (Phi) is 4.11. The Labute approximate surface area is 142 Å². The maximum absolute atomic E-state index is 11.8. The second-order valence-electron chi connectivity index (χ2n) is 4.84. The van der Waals surface area contributed by atoms with Crippen LogP contribution in [0, 0.1) is 0 Å². The van der Waals surface area contributed by atoms with Gasteiger partial charge in [0.1, 0.15) is 5.75 Å². The highest BCUT2D eigenvalue weighted by atomic mass is 35.5. The van der Waals surface area contributed by atoms with Crippen LogP contribution >= 0.6 is 23.2 Å². The van der Waals surface area contributed by atoms with E-state index in [0.717, 1.165) is 0 Å². The van der Waals surface area contributed by atoms with Crippen molar-refractivity contribution in [1.29, 1.82) is 0 Å². The Morgan fingerprint density at radius 1 is 1.13 bits per heavy atom. The number of ether oxygens (including phenoxy) is 1. The van der Waals surface area contributed by atoms with Gasteiger partial charge in [0.15, 0.2) is 0 Å². The zero-order chi connectivity index (χ0) is 16.6. The third kappa shape index (κ3) is 2.71. The van der Waals surface area contributed by atoms with Crippen molar-refractivity contribution in [2.75, 3.05) is 7.11 Å². The molecule has 0 unspecified atom stereocenters. The van der Waals surface area contributed by atoms with E-state index < -0.39 is 5.97 Å². The van der Waals surface area contributed by atoms with Crippen LogP contribution in [-0.4, -0.2) is 23.2 Å². The van der Waals surface area contributed by atoms with Gasteiger partial charge >= 0.3 is 5.97 Å². The fraction of sp³-hybridized carbons (Fsp3) is 0.0588. The van der Waals surface area contributed by atoms with Crippen molar-refractivity contribution in [2.45, 2.75) is 0 Å². The fourth-order valence-corrected chi connectivity index (χ4v) is 2.76. The Bertz CT molecular complexity index is 925. The summed E-state index contributed by atoms with van der Waals surface area (Å²) in [5.41, 5.74) is 1.31. The van der Waals surface area contributed by atoms with Crippen molar-refractivity contribution >= 4 is 39.9 Å². The molecule has 3 rings (SSSR count). The minimum absolute atomic E-state index is 0.0752. The minimum Gasteiger partial charge on any atom is -0.506 e. The van der Waals surface area contributed by atoms with E-state index in [0.29, 0.717) is 32.6 Å². The number of carbonyl (C=O) groups excluding carboxylic acids is 1. The number of phenolic OH excluding ortho intramolecular Hbond substituents is 1. The molecule has 0 saturated heterocycles. The van der Waals surface area contributed by atoms with Crippen LogP contribution in [0.5, 0.6) is 5.75 Å². The SMILES string of the molecule is COC(=O)c1ccc2c(Cl)cnc(-c3cccc(Cl)c3O)c2c1. The molecule has 6 heteroatoms. The van der Waals surface area contributed by atoms with Gasteiger partial charge in [-0.15, -0.1) is 0 Å². The first kappa shape index (κ1) is 15.6. The number of carbonyl (C=O) groups is 1. The number of methoxy groups -OCH3 is 1. The molecule has 0 bridgehead atoms. The Balaban J connectivity index is 2.34. The summed E-state index contributed by atoms with van der Waals surface area (Å²) in [6.45, 7) is 0. The molecule has 0 atom stereocenters. The molecule has 0 aliphatic heterocycles. The van der Waals surface area contributed by atoms with Crippen LogP contribution in [0.15, 0.2) is 42.6 Å². The lowest BCUT2D eigenvalue weighted by atomic mass is 10.0. The highest BCUT2D eigenvalue weighted by molar-refractivity contribution is 6.36. The number of phenols is 1. The largest absolute Gasteiger partial charge is 0.506 e. The normalized spacial score (nSPS) is 10.7. The van der Waals surface area contributed by atoms with Gasteiger partial charge in [0.05, 0.1) is 28.4 Å². The number of pyridine rings is 1. The number of hydrogen-bond acceptors (Lipinski definition) is 4. The summed E-state index contributed by atoms with van der Waals surface area (Å²) in [4.78, 5) is 16.1. The van der Waals surface area contributed by atoms with Crippen molar-refractivity contribution in [1.82, 2.24) is 4.98 Å². The van der Waals surface area contributed by atoms with Crippen molar-refractivity contribution < 1.29 is 14.6 Å². The topological polar surface area (TPSA) is 59.4 Å². The van der Waals surface area contributed by atoms with Crippen LogP contribution in [0.2, 0.25) is 10.0 Å². The van der Waals surface area contributed by atoms with E-state index in [1.165, 1.54) is 13.3 Å². The van der Waals surface area contributed by atoms with Gasteiger partial charge < -0.3 is 9.84 Å². The average molecular weight is 348 g/mol. The predicted octanol–water partition coefficient (Wildman–Crippen LogP) is 4.70. The number of fused-ring (bicyclic) bond motifs is 1. The van der Waals surface area contributed by atoms with E-state index in [1.54, 1.807) is 36.4 Å². The first-order chi connectivity index (χ1) is 11.0. The molecule has 1 aromatic heterocycles. The quantitative estimate of drug-likeness (QED) is 0.682. The smallest absolute Gasteiger partial charge is 0.337 e. The molecule has 116 valence electrons. The van der Waals surface area contributed by atoms with Crippen molar-refractivity contribution in [3.63, 3.8) is 0 Å². The van der Waals surface area contributed by atoms with Gasteiger partial charge in [0.25, 0.3) is 0 Å². The van der Waals surface area contributed by atoms with E-state index >= 15 is 0 Å². The van der Waals surface area contributed by atoms with Gasteiger partial charge in [-0.25, -0.2) is 4.79 Å². The van der Waals surface area contributed by atoms with Crippen molar-refractivity contribution in [3.8, 4) is 17.0 Å². The average Bonchev–Trinajstić information content (AvgIpc) is 2.57. The van der Waals surface area contributed by atoms with Gasteiger partial charge in [0, 0.05) is 22.5 Å². The Morgan fingerprint density at radius 2 is 1.91 bits per heavy atom. The number of rotatable bonds is 2. The van der Waals surface area contributed by atoms with Crippen LogP contribution < -0.4 is 0 Å². The first-order valence-electron chi connectivity index (χ1n) is 6.67. The van der Waals surface area contributed by atoms with E-state index in [-0.39, 0.29) is 10.8 Å². The highest BCUT2D eigenvalue weighted by Gasteiger charge is 2.16. The minimum atomic E-state index is -0.465. The van der Waals surface area contributed by atoms with Crippen LogP contribution in [0.25, 0.3) is 22.0 Å². The standard InChI is InChI=1S/C17H11Cl2NO3/c1-23-17(22)9-5-6-10-12(7-9)15(20-8-14(10)19)11-3-2-4-13(18)16(11)21/h2-8,21H,1H3. The summed E-state index contributed by atoms with van der Waals surface area (Å²) in [7, 11) is 1.31. The van der Waals surface area contributed by atoms with Crippen LogP contribution in [0.1, 0.15) is 10.4 Å². The van der Waals surface area contributed by atoms with Crippen LogP contribution in [-0.2, 0) is 4.74 Å². The van der Waals surface area contributed by atoms with Gasteiger partial charge in [-0.3, -0.25) is 4.98 Å². The third-order valence-corrected chi connectivity index (χ3v) is 4.11. The van der Waals surface area contributed by atoms with Gasteiger partial charge in [-0.05, 0) is 24.3 Å². The lowest BCUT2D eigenvalue weighted by molar-refractivity contribution is 0.0601. The lowest BCUT2D eigenvalue weighted by Crippen LogP contribution is -2.01. The van der Waals surface area contributed by atoms with E-state index in [1.807, 2.05) is 0 Å². The molecule has 0 amide bonds. The number of nitrogens with zero attached hydrogens (tertiary/aromatic N) is 1.